The highest BCUT2D eigenvalue weighted by atomic mass is 32.2. The standard InChI is InChI=1S/C32H34FN5O2S/c1-21-8-6-7-9-25(21)19-38(29(39)20-41-32-34-22(2)18-23(3)35-32)30(24-10-12-26(33)13-11-24)31(40)36-27-14-16-28(17-15-27)37(4)5/h6-18,30H,19-20H2,1-5H3,(H,36,40). The quantitative estimate of drug-likeness (QED) is 0.183. The summed E-state index contributed by atoms with van der Waals surface area (Å²) in [7, 11) is 3.88. The lowest BCUT2D eigenvalue weighted by Gasteiger charge is -2.32. The van der Waals surface area contributed by atoms with Gasteiger partial charge in [0.15, 0.2) is 5.16 Å². The Hall–Kier alpha value is -4.24. The van der Waals surface area contributed by atoms with E-state index in [1.165, 1.54) is 23.9 Å². The predicted octanol–water partition coefficient (Wildman–Crippen LogP) is 6.11. The van der Waals surface area contributed by atoms with E-state index in [2.05, 4.69) is 15.3 Å². The number of hydrogen-bond donors (Lipinski definition) is 1. The fourth-order valence-corrected chi connectivity index (χ4v) is 5.27. The Morgan fingerprint density at radius 1 is 0.902 bits per heavy atom. The van der Waals surface area contributed by atoms with Crippen molar-refractivity contribution in [3.63, 3.8) is 0 Å². The molecule has 0 aliphatic heterocycles. The van der Waals surface area contributed by atoms with Crippen LogP contribution in [0.2, 0.25) is 0 Å². The molecule has 1 unspecified atom stereocenters. The van der Waals surface area contributed by atoms with Crippen LogP contribution in [0.4, 0.5) is 15.8 Å². The van der Waals surface area contributed by atoms with Crippen molar-refractivity contribution in [3.8, 4) is 0 Å². The molecule has 0 spiro atoms. The van der Waals surface area contributed by atoms with E-state index in [1.807, 2.05) is 94.4 Å². The van der Waals surface area contributed by atoms with Crippen LogP contribution in [0, 0.1) is 26.6 Å². The first-order valence-corrected chi connectivity index (χ1v) is 14.2. The summed E-state index contributed by atoms with van der Waals surface area (Å²) in [6, 6.07) is 21.7. The van der Waals surface area contributed by atoms with E-state index < -0.39 is 17.8 Å². The van der Waals surface area contributed by atoms with Gasteiger partial charge in [-0.05, 0) is 79.9 Å². The summed E-state index contributed by atoms with van der Waals surface area (Å²) in [6.07, 6.45) is 0. The molecule has 3 aromatic carbocycles. The van der Waals surface area contributed by atoms with Crippen LogP contribution < -0.4 is 10.2 Å². The van der Waals surface area contributed by atoms with Crippen LogP contribution in [0.25, 0.3) is 0 Å². The Morgan fingerprint density at radius 3 is 2.15 bits per heavy atom. The second-order valence-corrected chi connectivity index (χ2v) is 11.0. The number of aryl methyl sites for hydroxylation is 3. The lowest BCUT2D eigenvalue weighted by atomic mass is 10.0. The number of hydrogen-bond acceptors (Lipinski definition) is 6. The first kappa shape index (κ1) is 29.7. The molecule has 1 N–H and O–H groups in total. The lowest BCUT2D eigenvalue weighted by molar-refractivity contribution is -0.137. The van der Waals surface area contributed by atoms with Gasteiger partial charge in [0.25, 0.3) is 5.91 Å². The summed E-state index contributed by atoms with van der Waals surface area (Å²) in [4.78, 5) is 40.3. The van der Waals surface area contributed by atoms with Crippen LogP contribution >= 0.6 is 11.8 Å². The Morgan fingerprint density at radius 2 is 1.54 bits per heavy atom. The second kappa shape index (κ2) is 13.4. The third kappa shape index (κ3) is 7.91. The molecule has 0 bridgehead atoms. The van der Waals surface area contributed by atoms with E-state index in [0.717, 1.165) is 28.2 Å². The summed E-state index contributed by atoms with van der Waals surface area (Å²) in [5, 5.41) is 3.46. The lowest BCUT2D eigenvalue weighted by Crippen LogP contribution is -2.42. The molecule has 0 saturated carbocycles. The van der Waals surface area contributed by atoms with Crippen LogP contribution in [-0.2, 0) is 16.1 Å². The predicted molar refractivity (Wildman–Crippen MR) is 162 cm³/mol. The molecule has 1 aromatic heterocycles. The smallest absolute Gasteiger partial charge is 0.251 e. The maximum atomic E-state index is 14.0. The molecule has 0 aliphatic carbocycles. The van der Waals surface area contributed by atoms with Gasteiger partial charge >= 0.3 is 0 Å². The fourth-order valence-electron chi connectivity index (χ4n) is 4.43. The Labute approximate surface area is 244 Å². The van der Waals surface area contributed by atoms with Crippen LogP contribution in [0.3, 0.4) is 0 Å². The van der Waals surface area contributed by atoms with Crippen molar-refractivity contribution in [2.24, 2.45) is 0 Å². The zero-order valence-corrected chi connectivity index (χ0v) is 24.7. The molecule has 0 aliphatic rings. The second-order valence-electron chi connectivity index (χ2n) is 10.1. The SMILES string of the molecule is Cc1cc(C)nc(SCC(=O)N(Cc2ccccc2C)C(C(=O)Nc2ccc(N(C)C)cc2)c2ccc(F)cc2)n1. The number of rotatable bonds is 10. The number of carbonyl (C=O) groups is 2. The molecule has 41 heavy (non-hydrogen) atoms. The number of aromatic nitrogens is 2. The van der Waals surface area contributed by atoms with Crippen molar-refractivity contribution in [2.45, 2.75) is 38.5 Å². The summed E-state index contributed by atoms with van der Waals surface area (Å²) in [5.41, 5.74) is 5.61. The molecule has 7 nitrogen and oxygen atoms in total. The summed E-state index contributed by atoms with van der Waals surface area (Å²) in [6.45, 7) is 5.92. The van der Waals surface area contributed by atoms with Gasteiger partial charge in [0.1, 0.15) is 11.9 Å². The minimum Gasteiger partial charge on any atom is -0.378 e. The Balaban J connectivity index is 1.70. The minimum atomic E-state index is -1.02. The molecule has 0 saturated heterocycles. The Kier molecular flexibility index (Phi) is 9.73. The molecule has 212 valence electrons. The third-order valence-corrected chi connectivity index (χ3v) is 7.44. The number of benzene rings is 3. The van der Waals surface area contributed by atoms with Gasteiger partial charge < -0.3 is 15.1 Å². The van der Waals surface area contributed by atoms with Gasteiger partial charge in [-0.25, -0.2) is 14.4 Å². The number of thioether (sulfide) groups is 1. The monoisotopic (exact) mass is 571 g/mol. The minimum absolute atomic E-state index is 0.0251. The van der Waals surface area contributed by atoms with Crippen LogP contribution in [0.5, 0.6) is 0 Å². The number of carbonyl (C=O) groups excluding carboxylic acids is 2. The highest BCUT2D eigenvalue weighted by molar-refractivity contribution is 7.99. The maximum Gasteiger partial charge on any atom is 0.251 e. The van der Waals surface area contributed by atoms with Crippen LogP contribution in [0.1, 0.15) is 34.1 Å². The molecule has 0 fully saturated rings. The van der Waals surface area contributed by atoms with E-state index in [4.69, 9.17) is 0 Å². The first-order valence-electron chi connectivity index (χ1n) is 13.2. The normalized spacial score (nSPS) is 11.6. The van der Waals surface area contributed by atoms with Gasteiger partial charge in [0.2, 0.25) is 5.91 Å². The highest BCUT2D eigenvalue weighted by Gasteiger charge is 2.32. The summed E-state index contributed by atoms with van der Waals surface area (Å²) < 4.78 is 13.9. The van der Waals surface area contributed by atoms with Crippen molar-refractivity contribution in [2.75, 3.05) is 30.1 Å². The van der Waals surface area contributed by atoms with Crippen LogP contribution in [0.15, 0.2) is 84.0 Å². The van der Waals surface area contributed by atoms with E-state index >= 15 is 0 Å². The van der Waals surface area contributed by atoms with Gasteiger partial charge in [-0.1, -0.05) is 48.2 Å². The van der Waals surface area contributed by atoms with Crippen molar-refractivity contribution < 1.29 is 14.0 Å². The van der Waals surface area contributed by atoms with E-state index in [-0.39, 0.29) is 18.2 Å². The molecule has 9 heteroatoms. The van der Waals surface area contributed by atoms with Crippen molar-refractivity contribution in [1.29, 1.82) is 0 Å². The maximum absolute atomic E-state index is 14.0. The summed E-state index contributed by atoms with van der Waals surface area (Å²) in [5.74, 6) is -1.07. The van der Waals surface area contributed by atoms with Gasteiger partial charge in [0, 0.05) is 43.4 Å². The molecular formula is C32H34FN5O2S. The fraction of sp³-hybridized carbons (Fsp3) is 0.250. The van der Waals surface area contributed by atoms with Crippen molar-refractivity contribution in [1.82, 2.24) is 14.9 Å². The van der Waals surface area contributed by atoms with Gasteiger partial charge in [-0.3, -0.25) is 9.59 Å². The topological polar surface area (TPSA) is 78.4 Å². The van der Waals surface area contributed by atoms with Gasteiger partial charge in [-0.2, -0.15) is 0 Å². The van der Waals surface area contributed by atoms with E-state index in [0.29, 0.717) is 16.4 Å². The van der Waals surface area contributed by atoms with Gasteiger partial charge in [-0.15, -0.1) is 0 Å². The largest absolute Gasteiger partial charge is 0.378 e. The number of nitrogens with one attached hydrogen (secondary N) is 1. The van der Waals surface area contributed by atoms with Crippen molar-refractivity contribution >= 4 is 35.0 Å². The average Bonchev–Trinajstić information content (AvgIpc) is 2.93. The molecule has 0 radical (unpaired) electrons. The number of anilines is 2. The number of nitrogens with zero attached hydrogens (tertiary/aromatic N) is 4. The third-order valence-electron chi connectivity index (χ3n) is 6.61. The Bertz CT molecular complexity index is 1490. The molecule has 4 aromatic rings. The zero-order valence-electron chi connectivity index (χ0n) is 23.9. The molecule has 4 rings (SSSR count). The van der Waals surface area contributed by atoms with E-state index in [9.17, 15) is 14.0 Å². The highest BCUT2D eigenvalue weighted by Crippen LogP contribution is 2.28. The molecule has 2 amide bonds. The summed E-state index contributed by atoms with van der Waals surface area (Å²) >= 11 is 1.23. The number of halogens is 1. The average molecular weight is 572 g/mol. The molecule has 1 atom stereocenters. The van der Waals surface area contributed by atoms with Crippen molar-refractivity contribution in [3.05, 3.63) is 113 Å². The van der Waals surface area contributed by atoms with E-state index in [1.54, 1.807) is 17.0 Å². The molecule has 1 heterocycles. The molecular weight excluding hydrogens is 537 g/mol. The van der Waals surface area contributed by atoms with Crippen LogP contribution in [-0.4, -0.2) is 46.5 Å². The number of amides is 2. The first-order chi connectivity index (χ1) is 19.6. The zero-order chi connectivity index (χ0) is 29.5. The van der Waals surface area contributed by atoms with Gasteiger partial charge in [0.05, 0.1) is 5.75 Å².